The minimum Gasteiger partial charge on any atom is -0.388 e. The molecule has 0 fully saturated rings. The molecule has 122 valence electrons. The van der Waals surface area contributed by atoms with Crippen LogP contribution in [0.2, 0.25) is 0 Å². The molecule has 1 atom stereocenters. The zero-order valence-electron chi connectivity index (χ0n) is 13.3. The highest BCUT2D eigenvalue weighted by atomic mass is 32.1. The number of aryl methyl sites for hydroxylation is 1. The van der Waals surface area contributed by atoms with Crippen molar-refractivity contribution < 1.29 is 9.90 Å². The van der Waals surface area contributed by atoms with Gasteiger partial charge >= 0.3 is 0 Å². The maximum Gasteiger partial charge on any atom is 0.227 e. The monoisotopic (exact) mass is 338 g/mol. The van der Waals surface area contributed by atoms with Crippen LogP contribution in [0.4, 0.5) is 5.69 Å². The number of anilines is 1. The van der Waals surface area contributed by atoms with E-state index >= 15 is 0 Å². The molecule has 2 aromatic carbocycles. The van der Waals surface area contributed by atoms with E-state index in [0.29, 0.717) is 5.69 Å². The van der Waals surface area contributed by atoms with Crippen LogP contribution in [0.15, 0.2) is 60.0 Å². The molecule has 0 saturated carbocycles. The SMILES string of the molecule is Cc1csc(-c2ccc(NC(=O)CC(O)c3ccccc3)cc2)n1. The number of benzene rings is 2. The zero-order valence-corrected chi connectivity index (χ0v) is 14.1. The molecule has 3 aromatic rings. The Labute approximate surface area is 144 Å². The maximum atomic E-state index is 12.1. The van der Waals surface area contributed by atoms with Crippen LogP contribution in [0.5, 0.6) is 0 Å². The molecule has 0 radical (unpaired) electrons. The van der Waals surface area contributed by atoms with E-state index in [1.165, 1.54) is 0 Å². The van der Waals surface area contributed by atoms with E-state index in [2.05, 4.69) is 10.3 Å². The standard InChI is InChI=1S/C19H18N2O2S/c1-13-12-24-19(20-13)15-7-9-16(10-8-15)21-18(23)11-17(22)14-5-3-2-4-6-14/h2-10,12,17,22H,11H2,1H3,(H,21,23). The molecule has 24 heavy (non-hydrogen) atoms. The summed E-state index contributed by atoms with van der Waals surface area (Å²) in [6, 6.07) is 16.7. The number of aromatic nitrogens is 1. The second kappa shape index (κ2) is 7.38. The third kappa shape index (κ3) is 4.07. The highest BCUT2D eigenvalue weighted by Crippen LogP contribution is 2.25. The van der Waals surface area contributed by atoms with E-state index in [1.54, 1.807) is 11.3 Å². The molecule has 1 heterocycles. The number of thiazole rings is 1. The fourth-order valence-corrected chi connectivity index (χ4v) is 3.17. The van der Waals surface area contributed by atoms with E-state index < -0.39 is 6.10 Å². The van der Waals surface area contributed by atoms with Gasteiger partial charge < -0.3 is 10.4 Å². The molecule has 1 unspecified atom stereocenters. The molecule has 2 N–H and O–H groups in total. The molecule has 4 nitrogen and oxygen atoms in total. The fourth-order valence-electron chi connectivity index (χ4n) is 2.36. The Kier molecular flexibility index (Phi) is 5.03. The minimum absolute atomic E-state index is 0.0252. The van der Waals surface area contributed by atoms with Gasteiger partial charge in [0, 0.05) is 22.3 Å². The molecular formula is C19H18N2O2S. The Morgan fingerprint density at radius 2 is 1.88 bits per heavy atom. The van der Waals surface area contributed by atoms with Gasteiger partial charge in [0.05, 0.1) is 12.5 Å². The maximum absolute atomic E-state index is 12.1. The number of hydrogen-bond donors (Lipinski definition) is 2. The Morgan fingerprint density at radius 3 is 2.50 bits per heavy atom. The third-order valence-electron chi connectivity index (χ3n) is 3.60. The Bertz CT molecular complexity index is 813. The lowest BCUT2D eigenvalue weighted by molar-refractivity contribution is -0.118. The van der Waals surface area contributed by atoms with Crippen LogP contribution in [-0.4, -0.2) is 16.0 Å². The minimum atomic E-state index is -0.802. The summed E-state index contributed by atoms with van der Waals surface area (Å²) in [4.78, 5) is 16.5. The summed E-state index contributed by atoms with van der Waals surface area (Å²) in [5.41, 5.74) is 3.47. The summed E-state index contributed by atoms with van der Waals surface area (Å²) in [6.07, 6.45) is -0.777. The number of carbonyl (C=O) groups is 1. The van der Waals surface area contributed by atoms with Crippen molar-refractivity contribution in [1.29, 1.82) is 0 Å². The van der Waals surface area contributed by atoms with Gasteiger partial charge in [-0.1, -0.05) is 30.3 Å². The van der Waals surface area contributed by atoms with E-state index in [-0.39, 0.29) is 12.3 Å². The van der Waals surface area contributed by atoms with Crippen LogP contribution < -0.4 is 5.32 Å². The van der Waals surface area contributed by atoms with Crippen LogP contribution in [0.25, 0.3) is 10.6 Å². The van der Waals surface area contributed by atoms with Crippen molar-refractivity contribution >= 4 is 22.9 Å². The van der Waals surface area contributed by atoms with Gasteiger partial charge in [0.1, 0.15) is 5.01 Å². The van der Waals surface area contributed by atoms with E-state index in [4.69, 9.17) is 0 Å². The second-order valence-electron chi connectivity index (χ2n) is 5.55. The number of aliphatic hydroxyl groups excluding tert-OH is 1. The lowest BCUT2D eigenvalue weighted by atomic mass is 10.1. The first kappa shape index (κ1) is 16.4. The Hall–Kier alpha value is -2.50. The van der Waals surface area contributed by atoms with E-state index in [0.717, 1.165) is 21.8 Å². The van der Waals surface area contributed by atoms with Crippen molar-refractivity contribution in [2.75, 3.05) is 5.32 Å². The molecule has 0 aliphatic rings. The number of aliphatic hydroxyl groups is 1. The van der Waals surface area contributed by atoms with Crippen molar-refractivity contribution in [2.45, 2.75) is 19.4 Å². The second-order valence-corrected chi connectivity index (χ2v) is 6.41. The molecule has 5 heteroatoms. The average Bonchev–Trinajstić information content (AvgIpc) is 3.02. The smallest absolute Gasteiger partial charge is 0.227 e. The van der Waals surface area contributed by atoms with Crippen molar-refractivity contribution in [3.05, 3.63) is 71.2 Å². The van der Waals surface area contributed by atoms with Gasteiger partial charge in [0.15, 0.2) is 0 Å². The lowest BCUT2D eigenvalue weighted by Gasteiger charge is -2.11. The lowest BCUT2D eigenvalue weighted by Crippen LogP contribution is -2.15. The molecule has 1 aromatic heterocycles. The predicted molar refractivity (Wildman–Crippen MR) is 96.9 cm³/mol. The average molecular weight is 338 g/mol. The van der Waals surface area contributed by atoms with Gasteiger partial charge in [-0.05, 0) is 36.8 Å². The van der Waals surface area contributed by atoms with E-state index in [1.807, 2.05) is 66.9 Å². The van der Waals surface area contributed by atoms with Crippen LogP contribution >= 0.6 is 11.3 Å². The van der Waals surface area contributed by atoms with Crippen LogP contribution in [-0.2, 0) is 4.79 Å². The summed E-state index contributed by atoms with van der Waals surface area (Å²) in [5, 5.41) is 15.9. The van der Waals surface area contributed by atoms with Gasteiger partial charge in [-0.15, -0.1) is 11.3 Å². The fraction of sp³-hybridized carbons (Fsp3) is 0.158. The molecule has 1 amide bonds. The number of nitrogens with one attached hydrogen (secondary N) is 1. The largest absolute Gasteiger partial charge is 0.388 e. The zero-order chi connectivity index (χ0) is 16.9. The first-order chi connectivity index (χ1) is 11.6. The van der Waals surface area contributed by atoms with Gasteiger partial charge in [-0.2, -0.15) is 0 Å². The summed E-state index contributed by atoms with van der Waals surface area (Å²) in [6.45, 7) is 1.96. The number of carbonyl (C=O) groups excluding carboxylic acids is 1. The molecule has 3 rings (SSSR count). The van der Waals surface area contributed by atoms with Gasteiger partial charge in [-0.25, -0.2) is 4.98 Å². The van der Waals surface area contributed by atoms with Crippen LogP contribution in [0.1, 0.15) is 23.8 Å². The normalized spacial score (nSPS) is 11.9. The van der Waals surface area contributed by atoms with Crippen molar-refractivity contribution in [3.63, 3.8) is 0 Å². The Balaban J connectivity index is 1.60. The van der Waals surface area contributed by atoms with Crippen LogP contribution in [0.3, 0.4) is 0 Å². The molecule has 0 saturated heterocycles. The van der Waals surface area contributed by atoms with Crippen LogP contribution in [0, 0.1) is 6.92 Å². The quantitative estimate of drug-likeness (QED) is 0.733. The molecular weight excluding hydrogens is 320 g/mol. The number of hydrogen-bond acceptors (Lipinski definition) is 4. The topological polar surface area (TPSA) is 62.2 Å². The summed E-state index contributed by atoms with van der Waals surface area (Å²) in [5.74, 6) is -0.218. The van der Waals surface area contributed by atoms with Gasteiger partial charge in [0.2, 0.25) is 5.91 Å². The number of nitrogens with zero attached hydrogens (tertiary/aromatic N) is 1. The van der Waals surface area contributed by atoms with Gasteiger partial charge in [-0.3, -0.25) is 4.79 Å². The van der Waals surface area contributed by atoms with Crippen molar-refractivity contribution in [1.82, 2.24) is 4.98 Å². The third-order valence-corrected chi connectivity index (χ3v) is 4.61. The summed E-state index contributed by atoms with van der Waals surface area (Å²) < 4.78 is 0. The molecule has 0 spiro atoms. The van der Waals surface area contributed by atoms with E-state index in [9.17, 15) is 9.90 Å². The predicted octanol–water partition coefficient (Wildman–Crippen LogP) is 4.18. The van der Waals surface area contributed by atoms with Crippen molar-refractivity contribution in [3.8, 4) is 10.6 Å². The molecule has 0 aliphatic carbocycles. The first-order valence-electron chi connectivity index (χ1n) is 7.67. The highest BCUT2D eigenvalue weighted by molar-refractivity contribution is 7.13. The highest BCUT2D eigenvalue weighted by Gasteiger charge is 2.13. The Morgan fingerprint density at radius 1 is 1.17 bits per heavy atom. The first-order valence-corrected chi connectivity index (χ1v) is 8.55. The summed E-state index contributed by atoms with van der Waals surface area (Å²) >= 11 is 1.60. The number of rotatable bonds is 5. The summed E-state index contributed by atoms with van der Waals surface area (Å²) in [7, 11) is 0. The molecule has 0 aliphatic heterocycles. The number of amides is 1. The molecule has 0 bridgehead atoms. The van der Waals surface area contributed by atoms with Gasteiger partial charge in [0.25, 0.3) is 0 Å². The van der Waals surface area contributed by atoms with Crippen molar-refractivity contribution in [2.24, 2.45) is 0 Å².